The Labute approximate surface area is 140 Å². The van der Waals surface area contributed by atoms with Crippen molar-refractivity contribution >= 4 is 22.5 Å². The van der Waals surface area contributed by atoms with Crippen LogP contribution in [0.25, 0.3) is 22.2 Å². The Balaban J connectivity index is 2.18. The van der Waals surface area contributed by atoms with Gasteiger partial charge < -0.3 is 10.1 Å². The highest BCUT2D eigenvalue weighted by Gasteiger charge is 2.11. The molecule has 24 heavy (non-hydrogen) atoms. The number of fused-ring (bicyclic) bond motifs is 1. The second kappa shape index (κ2) is 6.28. The molecule has 122 valence electrons. The van der Waals surface area contributed by atoms with Crippen LogP contribution >= 0.6 is 0 Å². The summed E-state index contributed by atoms with van der Waals surface area (Å²) in [5, 5.41) is 3.78. The number of pyridine rings is 2. The number of hydrogen-bond donors (Lipinski definition) is 1. The quantitative estimate of drug-likeness (QED) is 0.795. The van der Waals surface area contributed by atoms with Crippen LogP contribution in [0.3, 0.4) is 0 Å². The number of nitrogens with one attached hydrogen (secondary N) is 1. The highest BCUT2D eigenvalue weighted by Crippen LogP contribution is 2.33. The van der Waals surface area contributed by atoms with E-state index in [4.69, 9.17) is 9.72 Å². The number of aryl methyl sites for hydroxylation is 2. The summed E-state index contributed by atoms with van der Waals surface area (Å²) in [6, 6.07) is 9.75. The maximum Gasteiger partial charge on any atom is 0.221 e. The second-order valence-electron chi connectivity index (χ2n) is 5.76. The van der Waals surface area contributed by atoms with Crippen LogP contribution in [0.1, 0.15) is 18.2 Å². The molecule has 3 aromatic rings. The number of rotatable bonds is 3. The normalized spacial score (nSPS) is 10.7. The first-order valence-electron chi connectivity index (χ1n) is 7.68. The molecule has 0 aliphatic carbocycles. The lowest BCUT2D eigenvalue weighted by molar-refractivity contribution is -0.114. The van der Waals surface area contributed by atoms with Crippen LogP contribution in [0.5, 0.6) is 5.75 Å². The fourth-order valence-electron chi connectivity index (χ4n) is 2.65. The molecule has 0 radical (unpaired) electrons. The van der Waals surface area contributed by atoms with E-state index in [-0.39, 0.29) is 5.91 Å². The number of amides is 1. The summed E-state index contributed by atoms with van der Waals surface area (Å²) in [6.07, 6.45) is 1.82. The SMILES string of the molecule is COc1cc2c(C)cc(-c3ccc(C)nc3)nc2cc1NC(C)=O. The van der Waals surface area contributed by atoms with Gasteiger partial charge in [-0.2, -0.15) is 0 Å². The maximum atomic E-state index is 11.4. The van der Waals surface area contributed by atoms with Crippen molar-refractivity contribution in [1.29, 1.82) is 0 Å². The third kappa shape index (κ3) is 3.06. The van der Waals surface area contributed by atoms with Crippen molar-refractivity contribution < 1.29 is 9.53 Å². The van der Waals surface area contributed by atoms with Gasteiger partial charge in [-0.1, -0.05) is 0 Å². The highest BCUT2D eigenvalue weighted by atomic mass is 16.5. The zero-order valence-electron chi connectivity index (χ0n) is 14.2. The van der Waals surface area contributed by atoms with E-state index in [1.165, 1.54) is 6.92 Å². The molecule has 0 saturated carbocycles. The number of ether oxygens (including phenoxy) is 1. The van der Waals surface area contributed by atoms with Crippen molar-refractivity contribution in [3.05, 3.63) is 47.8 Å². The summed E-state index contributed by atoms with van der Waals surface area (Å²) in [7, 11) is 1.58. The van der Waals surface area contributed by atoms with Crippen LogP contribution in [-0.2, 0) is 4.79 Å². The van der Waals surface area contributed by atoms with E-state index >= 15 is 0 Å². The molecule has 1 N–H and O–H groups in total. The average molecular weight is 321 g/mol. The molecular formula is C19H19N3O2. The van der Waals surface area contributed by atoms with Crippen LogP contribution in [0.15, 0.2) is 36.5 Å². The van der Waals surface area contributed by atoms with Gasteiger partial charge in [-0.15, -0.1) is 0 Å². The molecule has 1 amide bonds. The molecule has 0 saturated heterocycles. The molecule has 5 nitrogen and oxygen atoms in total. The molecule has 2 aromatic heterocycles. The first kappa shape index (κ1) is 15.9. The predicted molar refractivity (Wildman–Crippen MR) is 95.3 cm³/mol. The number of aromatic nitrogens is 2. The minimum atomic E-state index is -0.150. The molecule has 1 aromatic carbocycles. The summed E-state index contributed by atoms with van der Waals surface area (Å²) >= 11 is 0. The number of carbonyl (C=O) groups excluding carboxylic acids is 1. The van der Waals surface area contributed by atoms with Crippen molar-refractivity contribution in [3.8, 4) is 17.0 Å². The first-order valence-corrected chi connectivity index (χ1v) is 7.68. The molecule has 0 atom stereocenters. The molecule has 0 spiro atoms. The van der Waals surface area contributed by atoms with E-state index in [1.54, 1.807) is 7.11 Å². The monoisotopic (exact) mass is 321 g/mol. The van der Waals surface area contributed by atoms with Crippen LogP contribution < -0.4 is 10.1 Å². The Morgan fingerprint density at radius 2 is 1.96 bits per heavy atom. The van der Waals surface area contributed by atoms with Gasteiger partial charge in [0.1, 0.15) is 5.75 Å². The fourth-order valence-corrected chi connectivity index (χ4v) is 2.65. The van der Waals surface area contributed by atoms with E-state index in [0.29, 0.717) is 11.4 Å². The summed E-state index contributed by atoms with van der Waals surface area (Å²) in [5.41, 5.74) is 5.28. The lowest BCUT2D eigenvalue weighted by atomic mass is 10.0. The molecule has 5 heteroatoms. The van der Waals surface area contributed by atoms with Crippen LogP contribution in [-0.4, -0.2) is 23.0 Å². The van der Waals surface area contributed by atoms with Gasteiger partial charge in [0, 0.05) is 29.8 Å². The number of carbonyl (C=O) groups is 1. The van der Waals surface area contributed by atoms with Gasteiger partial charge in [-0.25, -0.2) is 4.98 Å². The van der Waals surface area contributed by atoms with Crippen molar-refractivity contribution in [2.45, 2.75) is 20.8 Å². The molecule has 2 heterocycles. The lowest BCUT2D eigenvalue weighted by Crippen LogP contribution is -2.07. The van der Waals surface area contributed by atoms with E-state index in [0.717, 1.165) is 33.4 Å². The zero-order valence-corrected chi connectivity index (χ0v) is 14.2. The number of nitrogens with zero attached hydrogens (tertiary/aromatic N) is 2. The van der Waals surface area contributed by atoms with Crippen LogP contribution in [0, 0.1) is 13.8 Å². The topological polar surface area (TPSA) is 64.1 Å². The second-order valence-corrected chi connectivity index (χ2v) is 5.76. The Morgan fingerprint density at radius 1 is 1.17 bits per heavy atom. The fraction of sp³-hybridized carbons (Fsp3) is 0.211. The third-order valence-electron chi connectivity index (χ3n) is 3.85. The predicted octanol–water partition coefficient (Wildman–Crippen LogP) is 3.88. The summed E-state index contributed by atoms with van der Waals surface area (Å²) in [5.74, 6) is 0.468. The Kier molecular flexibility index (Phi) is 4.16. The van der Waals surface area contributed by atoms with Crippen molar-refractivity contribution in [3.63, 3.8) is 0 Å². The largest absolute Gasteiger partial charge is 0.495 e. The first-order chi connectivity index (χ1) is 11.5. The molecular weight excluding hydrogens is 302 g/mol. The minimum Gasteiger partial charge on any atom is -0.495 e. The minimum absolute atomic E-state index is 0.150. The molecule has 0 bridgehead atoms. The average Bonchev–Trinajstić information content (AvgIpc) is 2.54. The Morgan fingerprint density at radius 3 is 2.58 bits per heavy atom. The summed E-state index contributed by atoms with van der Waals surface area (Å²) in [6.45, 7) is 5.46. The molecule has 0 unspecified atom stereocenters. The third-order valence-corrected chi connectivity index (χ3v) is 3.85. The molecule has 0 aliphatic rings. The lowest BCUT2D eigenvalue weighted by Gasteiger charge is -2.13. The zero-order chi connectivity index (χ0) is 17.3. The summed E-state index contributed by atoms with van der Waals surface area (Å²) in [4.78, 5) is 20.5. The van der Waals surface area contributed by atoms with E-state index in [1.807, 2.05) is 50.4 Å². The Bertz CT molecular complexity index is 918. The number of hydrogen-bond acceptors (Lipinski definition) is 4. The smallest absolute Gasteiger partial charge is 0.221 e. The maximum absolute atomic E-state index is 11.4. The standard InChI is InChI=1S/C19H19N3O2/c1-11-7-16(14-6-5-12(2)20-10-14)22-17-9-18(21-13(3)23)19(24-4)8-15(11)17/h5-10H,1-4H3,(H,21,23). The van der Waals surface area contributed by atoms with Gasteiger partial charge in [0.2, 0.25) is 5.91 Å². The van der Waals surface area contributed by atoms with Crippen molar-refractivity contribution in [2.75, 3.05) is 12.4 Å². The highest BCUT2D eigenvalue weighted by molar-refractivity contribution is 5.96. The van der Waals surface area contributed by atoms with Crippen molar-refractivity contribution in [1.82, 2.24) is 9.97 Å². The number of anilines is 1. The van der Waals surface area contributed by atoms with E-state index < -0.39 is 0 Å². The molecule has 0 aliphatic heterocycles. The van der Waals surface area contributed by atoms with Gasteiger partial charge in [0.15, 0.2) is 0 Å². The van der Waals surface area contributed by atoms with Gasteiger partial charge in [-0.05, 0) is 49.7 Å². The van der Waals surface area contributed by atoms with Gasteiger partial charge in [-0.3, -0.25) is 9.78 Å². The van der Waals surface area contributed by atoms with Crippen molar-refractivity contribution in [2.24, 2.45) is 0 Å². The van der Waals surface area contributed by atoms with Gasteiger partial charge in [0.05, 0.1) is 24.0 Å². The van der Waals surface area contributed by atoms with Crippen LogP contribution in [0.4, 0.5) is 5.69 Å². The number of methoxy groups -OCH3 is 1. The Hall–Kier alpha value is -2.95. The van der Waals surface area contributed by atoms with E-state index in [9.17, 15) is 4.79 Å². The van der Waals surface area contributed by atoms with Gasteiger partial charge in [0.25, 0.3) is 0 Å². The molecule has 0 fully saturated rings. The summed E-state index contributed by atoms with van der Waals surface area (Å²) < 4.78 is 5.38. The number of benzene rings is 1. The van der Waals surface area contributed by atoms with E-state index in [2.05, 4.69) is 10.3 Å². The molecule has 3 rings (SSSR count). The van der Waals surface area contributed by atoms with Gasteiger partial charge >= 0.3 is 0 Å². The van der Waals surface area contributed by atoms with Crippen LogP contribution in [0.2, 0.25) is 0 Å².